The molecule has 0 spiro atoms. The van der Waals surface area contributed by atoms with Crippen LogP contribution in [-0.2, 0) is 6.54 Å². The second kappa shape index (κ2) is 12.3. The van der Waals surface area contributed by atoms with Crippen molar-refractivity contribution in [1.29, 1.82) is 0 Å². The predicted molar refractivity (Wildman–Crippen MR) is 127 cm³/mol. The van der Waals surface area contributed by atoms with Gasteiger partial charge in [-0.3, -0.25) is 0 Å². The third kappa shape index (κ3) is 7.60. The Balaban J connectivity index is 0.00000392. The molecule has 0 aliphatic rings. The standard InChI is InChI=1S/C20H30ClN5O.HI/c1-6-22-20(23-12-17-11-18(14(2)3)25-27-17)24-13-19(26(4)5)15-7-9-16(21)10-8-15;/h7-11,14,19H,6,12-13H2,1-5H3,(H2,22,23,24);1H. The Bertz CT molecular complexity index is 730. The van der Waals surface area contributed by atoms with Crippen LogP contribution >= 0.6 is 35.6 Å². The molecule has 6 nitrogen and oxygen atoms in total. The molecule has 2 N–H and O–H groups in total. The van der Waals surface area contributed by atoms with E-state index in [-0.39, 0.29) is 30.0 Å². The third-order valence-electron chi connectivity index (χ3n) is 4.25. The van der Waals surface area contributed by atoms with Crippen molar-refractivity contribution in [3.8, 4) is 0 Å². The van der Waals surface area contributed by atoms with E-state index >= 15 is 0 Å². The highest BCUT2D eigenvalue weighted by Gasteiger charge is 2.15. The quantitative estimate of drug-likeness (QED) is 0.307. The van der Waals surface area contributed by atoms with Gasteiger partial charge in [-0.1, -0.05) is 42.7 Å². The molecular formula is C20H31ClIN5O. The summed E-state index contributed by atoms with van der Waals surface area (Å²) in [6.45, 7) is 8.18. The topological polar surface area (TPSA) is 65.7 Å². The SMILES string of the molecule is CCNC(=NCc1cc(C(C)C)no1)NCC(c1ccc(Cl)cc1)N(C)C.I. The molecule has 28 heavy (non-hydrogen) atoms. The molecule has 0 aliphatic carbocycles. The van der Waals surface area contributed by atoms with Crippen molar-refractivity contribution >= 4 is 41.5 Å². The van der Waals surface area contributed by atoms with Gasteiger partial charge in [0.1, 0.15) is 6.54 Å². The summed E-state index contributed by atoms with van der Waals surface area (Å²) in [4.78, 5) is 6.79. The molecule has 8 heteroatoms. The van der Waals surface area contributed by atoms with E-state index < -0.39 is 0 Å². The van der Waals surface area contributed by atoms with Crippen LogP contribution in [0.3, 0.4) is 0 Å². The first-order valence-corrected chi connectivity index (χ1v) is 9.68. The number of rotatable bonds is 8. The highest BCUT2D eigenvalue weighted by molar-refractivity contribution is 14.0. The van der Waals surface area contributed by atoms with E-state index in [2.05, 4.69) is 65.8 Å². The molecule has 0 bridgehead atoms. The second-order valence-corrected chi connectivity index (χ2v) is 7.42. The maximum atomic E-state index is 6.01. The highest BCUT2D eigenvalue weighted by Crippen LogP contribution is 2.20. The number of hydrogen-bond acceptors (Lipinski definition) is 4. The fraction of sp³-hybridized carbons (Fsp3) is 0.500. The maximum absolute atomic E-state index is 6.01. The van der Waals surface area contributed by atoms with Gasteiger partial charge in [0.25, 0.3) is 0 Å². The Kier molecular flexibility index (Phi) is 10.8. The molecule has 1 atom stereocenters. The largest absolute Gasteiger partial charge is 0.359 e. The fourth-order valence-electron chi connectivity index (χ4n) is 2.65. The zero-order chi connectivity index (χ0) is 19.8. The van der Waals surface area contributed by atoms with E-state index in [0.717, 1.165) is 29.0 Å². The summed E-state index contributed by atoms with van der Waals surface area (Å²) in [6.07, 6.45) is 0. The number of guanidine groups is 1. The Morgan fingerprint density at radius 1 is 1.21 bits per heavy atom. The molecule has 1 unspecified atom stereocenters. The summed E-state index contributed by atoms with van der Waals surface area (Å²) in [6, 6.07) is 10.1. The van der Waals surface area contributed by atoms with Gasteiger partial charge in [-0.2, -0.15) is 0 Å². The van der Waals surface area contributed by atoms with Crippen LogP contribution in [0.4, 0.5) is 0 Å². The van der Waals surface area contributed by atoms with Crippen LogP contribution in [0.5, 0.6) is 0 Å². The summed E-state index contributed by atoms with van der Waals surface area (Å²) < 4.78 is 5.37. The van der Waals surface area contributed by atoms with Crippen LogP contribution in [0.25, 0.3) is 0 Å². The van der Waals surface area contributed by atoms with Crippen LogP contribution < -0.4 is 10.6 Å². The van der Waals surface area contributed by atoms with Gasteiger partial charge in [-0.25, -0.2) is 4.99 Å². The first-order chi connectivity index (χ1) is 12.9. The number of likely N-dealkylation sites (N-methyl/N-ethyl adjacent to an activating group) is 1. The molecule has 0 amide bonds. The number of aliphatic imine (C=N–C) groups is 1. The molecule has 156 valence electrons. The Labute approximate surface area is 190 Å². The zero-order valence-electron chi connectivity index (χ0n) is 17.2. The van der Waals surface area contributed by atoms with Crippen molar-refractivity contribution in [2.24, 2.45) is 4.99 Å². The molecule has 0 saturated heterocycles. The average molecular weight is 520 g/mol. The summed E-state index contributed by atoms with van der Waals surface area (Å²) in [5.74, 6) is 1.86. The van der Waals surface area contributed by atoms with Crippen LogP contribution in [0.1, 0.15) is 49.7 Å². The van der Waals surface area contributed by atoms with Crippen LogP contribution in [-0.4, -0.2) is 43.2 Å². The molecule has 0 radical (unpaired) electrons. The van der Waals surface area contributed by atoms with E-state index in [4.69, 9.17) is 16.1 Å². The summed E-state index contributed by atoms with van der Waals surface area (Å²) in [5.41, 5.74) is 2.15. The number of nitrogens with zero attached hydrogens (tertiary/aromatic N) is 3. The van der Waals surface area contributed by atoms with Crippen LogP contribution in [0.2, 0.25) is 5.02 Å². The van der Waals surface area contributed by atoms with Crippen molar-refractivity contribution in [2.45, 2.75) is 39.3 Å². The smallest absolute Gasteiger partial charge is 0.191 e. The first-order valence-electron chi connectivity index (χ1n) is 9.30. The van der Waals surface area contributed by atoms with Crippen LogP contribution in [0.15, 0.2) is 39.8 Å². The molecule has 0 fully saturated rings. The van der Waals surface area contributed by atoms with Crippen molar-refractivity contribution in [2.75, 3.05) is 27.2 Å². The number of benzene rings is 1. The maximum Gasteiger partial charge on any atom is 0.191 e. The number of halogens is 2. The minimum absolute atomic E-state index is 0. The van der Waals surface area contributed by atoms with Crippen molar-refractivity contribution in [3.63, 3.8) is 0 Å². The number of nitrogens with one attached hydrogen (secondary N) is 2. The van der Waals surface area contributed by atoms with Gasteiger partial charge in [0, 0.05) is 24.2 Å². The lowest BCUT2D eigenvalue weighted by Crippen LogP contribution is -2.41. The summed E-state index contributed by atoms with van der Waals surface area (Å²) >= 11 is 6.01. The minimum atomic E-state index is 0. The molecule has 1 aromatic heterocycles. The lowest BCUT2D eigenvalue weighted by atomic mass is 10.1. The van der Waals surface area contributed by atoms with E-state index in [0.29, 0.717) is 19.0 Å². The lowest BCUT2D eigenvalue weighted by Gasteiger charge is -2.26. The molecule has 1 aromatic carbocycles. The van der Waals surface area contributed by atoms with Gasteiger partial charge in [-0.15, -0.1) is 24.0 Å². The van der Waals surface area contributed by atoms with Crippen molar-refractivity contribution in [3.05, 3.63) is 52.4 Å². The van der Waals surface area contributed by atoms with Crippen molar-refractivity contribution in [1.82, 2.24) is 20.7 Å². The number of aromatic nitrogens is 1. The van der Waals surface area contributed by atoms with E-state index in [1.807, 2.05) is 25.1 Å². The highest BCUT2D eigenvalue weighted by atomic mass is 127. The Morgan fingerprint density at radius 2 is 1.89 bits per heavy atom. The number of hydrogen-bond donors (Lipinski definition) is 2. The van der Waals surface area contributed by atoms with Gasteiger partial charge in [0.15, 0.2) is 11.7 Å². The molecule has 2 aromatic rings. The third-order valence-corrected chi connectivity index (χ3v) is 4.50. The fourth-order valence-corrected chi connectivity index (χ4v) is 2.78. The Hall–Kier alpha value is -1.32. The molecular weight excluding hydrogens is 489 g/mol. The second-order valence-electron chi connectivity index (χ2n) is 6.98. The van der Waals surface area contributed by atoms with Gasteiger partial charge < -0.3 is 20.1 Å². The first kappa shape index (κ1) is 24.7. The van der Waals surface area contributed by atoms with E-state index in [9.17, 15) is 0 Å². The minimum Gasteiger partial charge on any atom is -0.359 e. The van der Waals surface area contributed by atoms with E-state index in [1.54, 1.807) is 0 Å². The molecule has 0 aliphatic heterocycles. The summed E-state index contributed by atoms with van der Waals surface area (Å²) in [7, 11) is 4.12. The van der Waals surface area contributed by atoms with Crippen molar-refractivity contribution < 1.29 is 4.52 Å². The average Bonchev–Trinajstić information content (AvgIpc) is 3.10. The molecule has 1 heterocycles. The van der Waals surface area contributed by atoms with Gasteiger partial charge >= 0.3 is 0 Å². The van der Waals surface area contributed by atoms with Gasteiger partial charge in [0.2, 0.25) is 0 Å². The van der Waals surface area contributed by atoms with Gasteiger partial charge in [0.05, 0.1) is 11.7 Å². The predicted octanol–water partition coefficient (Wildman–Crippen LogP) is 4.43. The van der Waals surface area contributed by atoms with E-state index in [1.165, 1.54) is 5.56 Å². The Morgan fingerprint density at radius 3 is 2.43 bits per heavy atom. The zero-order valence-corrected chi connectivity index (χ0v) is 20.3. The lowest BCUT2D eigenvalue weighted by molar-refractivity contribution is 0.298. The monoisotopic (exact) mass is 519 g/mol. The van der Waals surface area contributed by atoms with Gasteiger partial charge in [-0.05, 0) is 44.6 Å². The summed E-state index contributed by atoms with van der Waals surface area (Å²) in [5, 5.41) is 11.5. The van der Waals surface area contributed by atoms with Crippen LogP contribution in [0, 0.1) is 0 Å². The normalized spacial score (nSPS) is 12.8. The molecule has 2 rings (SSSR count). The molecule has 0 saturated carbocycles.